The van der Waals surface area contributed by atoms with E-state index in [0.717, 1.165) is 30.2 Å². The van der Waals surface area contributed by atoms with Gasteiger partial charge in [0.25, 0.3) is 0 Å². The standard InChI is InChI=1S/C12H15ClN4/c1-14-7-6-11-15-12(17(2)16-11)9-4-3-5-10(13)8-9/h3-5,8,14H,6-7H2,1-2H3. The molecule has 0 saturated heterocycles. The highest BCUT2D eigenvalue weighted by Crippen LogP contribution is 2.20. The summed E-state index contributed by atoms with van der Waals surface area (Å²) in [5.41, 5.74) is 0.989. The number of halogens is 1. The fourth-order valence-corrected chi connectivity index (χ4v) is 1.85. The van der Waals surface area contributed by atoms with E-state index in [0.29, 0.717) is 5.02 Å². The van der Waals surface area contributed by atoms with Crippen LogP contribution in [0, 0.1) is 0 Å². The first kappa shape index (κ1) is 12.1. The summed E-state index contributed by atoms with van der Waals surface area (Å²) in [5, 5.41) is 8.17. The maximum Gasteiger partial charge on any atom is 0.158 e. The highest BCUT2D eigenvalue weighted by Gasteiger charge is 2.09. The number of nitrogens with zero attached hydrogens (tertiary/aromatic N) is 3. The van der Waals surface area contributed by atoms with E-state index < -0.39 is 0 Å². The van der Waals surface area contributed by atoms with Crippen molar-refractivity contribution in [2.24, 2.45) is 7.05 Å². The molecule has 0 fully saturated rings. The Hall–Kier alpha value is -1.39. The molecule has 2 rings (SSSR count). The third-order valence-electron chi connectivity index (χ3n) is 2.49. The molecule has 0 saturated carbocycles. The van der Waals surface area contributed by atoms with Crippen molar-refractivity contribution in [3.63, 3.8) is 0 Å². The second-order valence-corrected chi connectivity index (χ2v) is 4.28. The first-order valence-electron chi connectivity index (χ1n) is 5.51. The van der Waals surface area contributed by atoms with Crippen LogP contribution in [0.15, 0.2) is 24.3 Å². The van der Waals surface area contributed by atoms with Crippen molar-refractivity contribution in [3.05, 3.63) is 35.1 Å². The van der Waals surface area contributed by atoms with Gasteiger partial charge in [0.15, 0.2) is 11.6 Å². The number of likely N-dealkylation sites (N-methyl/N-ethyl adjacent to an activating group) is 1. The molecule has 1 heterocycles. The third kappa shape index (κ3) is 2.84. The summed E-state index contributed by atoms with van der Waals surface area (Å²) in [5.74, 6) is 1.69. The topological polar surface area (TPSA) is 42.7 Å². The van der Waals surface area contributed by atoms with Crippen molar-refractivity contribution in [2.45, 2.75) is 6.42 Å². The number of aromatic nitrogens is 3. The summed E-state index contributed by atoms with van der Waals surface area (Å²) in [6, 6.07) is 7.65. The first-order valence-corrected chi connectivity index (χ1v) is 5.89. The molecule has 0 aliphatic rings. The number of rotatable bonds is 4. The fourth-order valence-electron chi connectivity index (χ4n) is 1.66. The molecule has 0 bridgehead atoms. The predicted octanol–water partition coefficient (Wildman–Crippen LogP) is 1.90. The van der Waals surface area contributed by atoms with Crippen LogP contribution >= 0.6 is 11.6 Å². The van der Waals surface area contributed by atoms with Crippen molar-refractivity contribution in [1.82, 2.24) is 20.1 Å². The summed E-state index contributed by atoms with van der Waals surface area (Å²) in [4.78, 5) is 4.51. The molecular weight excluding hydrogens is 236 g/mol. The maximum atomic E-state index is 5.97. The van der Waals surface area contributed by atoms with Crippen LogP contribution in [0.2, 0.25) is 5.02 Å². The predicted molar refractivity (Wildman–Crippen MR) is 69.1 cm³/mol. The molecular formula is C12H15ClN4. The minimum atomic E-state index is 0.710. The summed E-state index contributed by atoms with van der Waals surface area (Å²) in [7, 11) is 3.81. The van der Waals surface area contributed by atoms with E-state index in [9.17, 15) is 0 Å². The van der Waals surface area contributed by atoms with E-state index in [1.807, 2.05) is 38.4 Å². The zero-order valence-electron chi connectivity index (χ0n) is 9.94. The van der Waals surface area contributed by atoms with E-state index in [2.05, 4.69) is 15.4 Å². The van der Waals surface area contributed by atoms with Gasteiger partial charge >= 0.3 is 0 Å². The Morgan fingerprint density at radius 2 is 2.24 bits per heavy atom. The van der Waals surface area contributed by atoms with Crippen LogP contribution in [0.3, 0.4) is 0 Å². The Morgan fingerprint density at radius 3 is 2.94 bits per heavy atom. The Labute approximate surface area is 106 Å². The van der Waals surface area contributed by atoms with Crippen LogP contribution in [0.1, 0.15) is 5.82 Å². The lowest BCUT2D eigenvalue weighted by Gasteiger charge is -1.99. The monoisotopic (exact) mass is 250 g/mol. The zero-order chi connectivity index (χ0) is 12.3. The Balaban J connectivity index is 2.29. The second kappa shape index (κ2) is 5.29. The van der Waals surface area contributed by atoms with Crippen LogP contribution in [0.25, 0.3) is 11.4 Å². The normalized spacial score (nSPS) is 10.8. The van der Waals surface area contributed by atoms with Crippen molar-refractivity contribution in [3.8, 4) is 11.4 Å². The highest BCUT2D eigenvalue weighted by molar-refractivity contribution is 6.30. The molecule has 17 heavy (non-hydrogen) atoms. The average Bonchev–Trinajstić information content (AvgIpc) is 2.68. The average molecular weight is 251 g/mol. The summed E-state index contributed by atoms with van der Waals surface area (Å²) in [6.45, 7) is 0.874. The van der Waals surface area contributed by atoms with Crippen molar-refractivity contribution >= 4 is 11.6 Å². The smallest absolute Gasteiger partial charge is 0.158 e. The minimum absolute atomic E-state index is 0.710. The molecule has 0 amide bonds. The van der Waals surface area contributed by atoms with E-state index in [4.69, 9.17) is 11.6 Å². The van der Waals surface area contributed by atoms with E-state index in [1.54, 1.807) is 4.68 Å². The summed E-state index contributed by atoms with van der Waals surface area (Å²) in [6.07, 6.45) is 0.824. The zero-order valence-corrected chi connectivity index (χ0v) is 10.7. The van der Waals surface area contributed by atoms with Crippen molar-refractivity contribution in [1.29, 1.82) is 0 Å². The number of hydrogen-bond acceptors (Lipinski definition) is 3. The molecule has 0 unspecified atom stereocenters. The quantitative estimate of drug-likeness (QED) is 0.901. The lowest BCUT2D eigenvalue weighted by atomic mass is 10.2. The molecule has 5 heteroatoms. The third-order valence-corrected chi connectivity index (χ3v) is 2.72. The molecule has 90 valence electrons. The van der Waals surface area contributed by atoms with Gasteiger partial charge in [-0.2, -0.15) is 5.10 Å². The van der Waals surface area contributed by atoms with E-state index >= 15 is 0 Å². The van der Waals surface area contributed by atoms with Gasteiger partial charge in [0.2, 0.25) is 0 Å². The van der Waals surface area contributed by atoms with E-state index in [-0.39, 0.29) is 0 Å². The fraction of sp³-hybridized carbons (Fsp3) is 0.333. The molecule has 1 aromatic carbocycles. The highest BCUT2D eigenvalue weighted by atomic mass is 35.5. The SMILES string of the molecule is CNCCc1nc(-c2cccc(Cl)c2)n(C)n1. The molecule has 0 aliphatic heterocycles. The second-order valence-electron chi connectivity index (χ2n) is 3.84. The Bertz CT molecular complexity index is 507. The van der Waals surface area contributed by atoms with Crippen LogP contribution in [0.4, 0.5) is 0 Å². The summed E-state index contributed by atoms with van der Waals surface area (Å²) < 4.78 is 1.79. The van der Waals surface area contributed by atoms with Crippen LogP contribution in [-0.2, 0) is 13.5 Å². The molecule has 2 aromatic rings. The number of aryl methyl sites for hydroxylation is 1. The largest absolute Gasteiger partial charge is 0.319 e. The lowest BCUT2D eigenvalue weighted by molar-refractivity contribution is 0.717. The van der Waals surface area contributed by atoms with Crippen LogP contribution in [-0.4, -0.2) is 28.4 Å². The van der Waals surface area contributed by atoms with Gasteiger partial charge in [0.1, 0.15) is 0 Å². The first-order chi connectivity index (χ1) is 8.20. The minimum Gasteiger partial charge on any atom is -0.319 e. The van der Waals surface area contributed by atoms with Crippen LogP contribution in [0.5, 0.6) is 0 Å². The molecule has 0 radical (unpaired) electrons. The molecule has 0 atom stereocenters. The van der Waals surface area contributed by atoms with Gasteiger partial charge in [0, 0.05) is 30.6 Å². The van der Waals surface area contributed by atoms with Gasteiger partial charge in [-0.05, 0) is 19.2 Å². The van der Waals surface area contributed by atoms with Crippen molar-refractivity contribution in [2.75, 3.05) is 13.6 Å². The van der Waals surface area contributed by atoms with Gasteiger partial charge in [-0.25, -0.2) is 9.67 Å². The Morgan fingerprint density at radius 1 is 1.41 bits per heavy atom. The van der Waals surface area contributed by atoms with Gasteiger partial charge in [-0.15, -0.1) is 0 Å². The maximum absolute atomic E-state index is 5.97. The van der Waals surface area contributed by atoms with Gasteiger partial charge in [-0.3, -0.25) is 0 Å². The number of benzene rings is 1. The lowest BCUT2D eigenvalue weighted by Crippen LogP contribution is -2.11. The van der Waals surface area contributed by atoms with Gasteiger partial charge in [-0.1, -0.05) is 23.7 Å². The molecule has 4 nitrogen and oxygen atoms in total. The number of nitrogens with one attached hydrogen (secondary N) is 1. The molecule has 0 spiro atoms. The van der Waals surface area contributed by atoms with Gasteiger partial charge in [0.05, 0.1) is 0 Å². The molecule has 0 aliphatic carbocycles. The molecule has 1 N–H and O–H groups in total. The van der Waals surface area contributed by atoms with Crippen molar-refractivity contribution < 1.29 is 0 Å². The number of hydrogen-bond donors (Lipinski definition) is 1. The molecule has 1 aromatic heterocycles. The van der Waals surface area contributed by atoms with E-state index in [1.165, 1.54) is 0 Å². The Kier molecular flexibility index (Phi) is 3.76. The summed E-state index contributed by atoms with van der Waals surface area (Å²) >= 11 is 5.97. The van der Waals surface area contributed by atoms with Crippen LogP contribution < -0.4 is 5.32 Å². The van der Waals surface area contributed by atoms with Gasteiger partial charge < -0.3 is 5.32 Å².